The Bertz CT molecular complexity index is 342. The van der Waals surface area contributed by atoms with Gasteiger partial charge in [0.15, 0.2) is 0 Å². The van der Waals surface area contributed by atoms with Crippen LogP contribution < -0.4 is 5.32 Å². The molecule has 0 saturated heterocycles. The Morgan fingerprint density at radius 3 is 2.52 bits per heavy atom. The normalized spacial score (nSPS) is 12.8. The standard InChI is InChI=1S/C18H32N2S/c1-4-14-20(17(3)5-2)15-13-19-12-9-16-21-18-10-7-6-8-11-18/h6-8,10-11,17,19H,4-5,9,12-16H2,1-3H3. The van der Waals surface area contributed by atoms with Gasteiger partial charge in [-0.15, -0.1) is 11.8 Å². The maximum absolute atomic E-state index is 3.58. The van der Waals surface area contributed by atoms with Crippen molar-refractivity contribution in [3.8, 4) is 0 Å². The predicted octanol–water partition coefficient (Wildman–Crippen LogP) is 4.27. The van der Waals surface area contributed by atoms with Crippen molar-refractivity contribution in [1.82, 2.24) is 10.2 Å². The molecule has 1 aromatic rings. The fourth-order valence-electron chi connectivity index (χ4n) is 2.35. The Balaban J connectivity index is 2.03. The van der Waals surface area contributed by atoms with Crippen LogP contribution in [0.5, 0.6) is 0 Å². The Morgan fingerprint density at radius 2 is 1.86 bits per heavy atom. The van der Waals surface area contributed by atoms with Crippen molar-refractivity contribution in [2.75, 3.05) is 31.9 Å². The molecule has 1 rings (SSSR count). The fourth-order valence-corrected chi connectivity index (χ4v) is 3.22. The summed E-state index contributed by atoms with van der Waals surface area (Å²) in [6.45, 7) is 11.5. The van der Waals surface area contributed by atoms with Crippen LogP contribution in [0.3, 0.4) is 0 Å². The Hall–Kier alpha value is -0.510. The lowest BCUT2D eigenvalue weighted by atomic mass is 10.2. The summed E-state index contributed by atoms with van der Waals surface area (Å²) in [6.07, 6.45) is 3.72. The van der Waals surface area contributed by atoms with Gasteiger partial charge in [-0.05, 0) is 57.2 Å². The molecule has 0 heterocycles. The molecule has 3 heteroatoms. The van der Waals surface area contributed by atoms with E-state index < -0.39 is 0 Å². The first-order valence-electron chi connectivity index (χ1n) is 8.40. The lowest BCUT2D eigenvalue weighted by Crippen LogP contribution is -2.38. The second-order valence-electron chi connectivity index (χ2n) is 5.56. The van der Waals surface area contributed by atoms with Crippen LogP contribution >= 0.6 is 11.8 Å². The van der Waals surface area contributed by atoms with Gasteiger partial charge in [0.1, 0.15) is 0 Å². The van der Waals surface area contributed by atoms with Gasteiger partial charge in [-0.25, -0.2) is 0 Å². The fraction of sp³-hybridized carbons (Fsp3) is 0.667. The molecule has 0 fully saturated rings. The first kappa shape index (κ1) is 18.5. The minimum atomic E-state index is 0.709. The average Bonchev–Trinajstić information content (AvgIpc) is 2.53. The highest BCUT2D eigenvalue weighted by atomic mass is 32.2. The Labute approximate surface area is 135 Å². The van der Waals surface area contributed by atoms with E-state index >= 15 is 0 Å². The van der Waals surface area contributed by atoms with E-state index in [1.165, 1.54) is 43.0 Å². The molecule has 0 bridgehead atoms. The van der Waals surface area contributed by atoms with E-state index in [1.54, 1.807) is 0 Å². The van der Waals surface area contributed by atoms with E-state index in [1.807, 2.05) is 11.8 Å². The molecule has 0 aliphatic heterocycles. The molecule has 0 aromatic heterocycles. The summed E-state index contributed by atoms with van der Waals surface area (Å²) in [5, 5.41) is 3.58. The summed E-state index contributed by atoms with van der Waals surface area (Å²) in [5.41, 5.74) is 0. The second-order valence-corrected chi connectivity index (χ2v) is 6.73. The minimum absolute atomic E-state index is 0.709. The Morgan fingerprint density at radius 1 is 1.10 bits per heavy atom. The smallest absolute Gasteiger partial charge is 0.0110 e. The van der Waals surface area contributed by atoms with Gasteiger partial charge in [0.05, 0.1) is 0 Å². The SMILES string of the molecule is CCCN(CCNCCCSc1ccccc1)C(C)CC. The van der Waals surface area contributed by atoms with Gasteiger partial charge in [0.25, 0.3) is 0 Å². The molecule has 120 valence electrons. The van der Waals surface area contributed by atoms with Crippen LogP contribution in [0.4, 0.5) is 0 Å². The summed E-state index contributed by atoms with van der Waals surface area (Å²) in [4.78, 5) is 3.98. The zero-order chi connectivity index (χ0) is 15.3. The number of nitrogens with one attached hydrogen (secondary N) is 1. The van der Waals surface area contributed by atoms with Crippen molar-refractivity contribution in [3.63, 3.8) is 0 Å². The van der Waals surface area contributed by atoms with Crippen molar-refractivity contribution < 1.29 is 0 Å². The topological polar surface area (TPSA) is 15.3 Å². The van der Waals surface area contributed by atoms with Crippen LogP contribution in [-0.4, -0.2) is 42.9 Å². The van der Waals surface area contributed by atoms with E-state index in [9.17, 15) is 0 Å². The van der Waals surface area contributed by atoms with Crippen molar-refractivity contribution in [3.05, 3.63) is 30.3 Å². The van der Waals surface area contributed by atoms with Crippen LogP contribution in [0.15, 0.2) is 35.2 Å². The second kappa shape index (κ2) is 12.1. The van der Waals surface area contributed by atoms with Gasteiger partial charge in [0.2, 0.25) is 0 Å². The van der Waals surface area contributed by atoms with Gasteiger partial charge in [0, 0.05) is 24.0 Å². The van der Waals surface area contributed by atoms with Gasteiger partial charge in [-0.1, -0.05) is 32.0 Å². The quantitative estimate of drug-likeness (QED) is 0.458. The highest BCUT2D eigenvalue weighted by Gasteiger charge is 2.09. The minimum Gasteiger partial charge on any atom is -0.315 e. The van der Waals surface area contributed by atoms with E-state index in [-0.39, 0.29) is 0 Å². The maximum Gasteiger partial charge on any atom is 0.0110 e. The van der Waals surface area contributed by atoms with Gasteiger partial charge in [-0.3, -0.25) is 4.90 Å². The third kappa shape index (κ3) is 8.50. The van der Waals surface area contributed by atoms with E-state index in [2.05, 4.69) is 61.3 Å². The summed E-state index contributed by atoms with van der Waals surface area (Å²) in [5.74, 6) is 1.20. The van der Waals surface area contributed by atoms with Crippen LogP contribution in [0.25, 0.3) is 0 Å². The molecular formula is C18H32N2S. The molecule has 21 heavy (non-hydrogen) atoms. The molecule has 0 aliphatic rings. The number of rotatable bonds is 12. The molecule has 0 saturated carbocycles. The lowest BCUT2D eigenvalue weighted by molar-refractivity contribution is 0.205. The molecule has 1 aromatic carbocycles. The summed E-state index contributed by atoms with van der Waals surface area (Å²) in [7, 11) is 0. The largest absolute Gasteiger partial charge is 0.315 e. The molecule has 1 atom stereocenters. The van der Waals surface area contributed by atoms with E-state index in [4.69, 9.17) is 0 Å². The van der Waals surface area contributed by atoms with Crippen molar-refractivity contribution >= 4 is 11.8 Å². The van der Waals surface area contributed by atoms with Crippen LogP contribution in [-0.2, 0) is 0 Å². The number of thioether (sulfide) groups is 1. The first-order chi connectivity index (χ1) is 10.3. The number of hydrogen-bond donors (Lipinski definition) is 1. The van der Waals surface area contributed by atoms with Crippen LogP contribution in [0.1, 0.15) is 40.0 Å². The highest BCUT2D eigenvalue weighted by molar-refractivity contribution is 7.99. The van der Waals surface area contributed by atoms with E-state index in [0.717, 1.165) is 13.1 Å². The molecule has 1 N–H and O–H groups in total. The highest BCUT2D eigenvalue weighted by Crippen LogP contribution is 2.17. The summed E-state index contributed by atoms with van der Waals surface area (Å²) < 4.78 is 0. The Kier molecular flexibility index (Phi) is 10.7. The molecule has 2 nitrogen and oxygen atoms in total. The molecule has 1 unspecified atom stereocenters. The first-order valence-corrected chi connectivity index (χ1v) is 9.39. The molecule has 0 spiro atoms. The number of nitrogens with zero attached hydrogens (tertiary/aromatic N) is 1. The molecule has 0 radical (unpaired) electrons. The monoisotopic (exact) mass is 308 g/mol. The molecular weight excluding hydrogens is 276 g/mol. The van der Waals surface area contributed by atoms with Crippen molar-refractivity contribution in [2.45, 2.75) is 51.0 Å². The third-order valence-electron chi connectivity index (χ3n) is 3.81. The van der Waals surface area contributed by atoms with Crippen molar-refractivity contribution in [1.29, 1.82) is 0 Å². The van der Waals surface area contributed by atoms with Crippen LogP contribution in [0.2, 0.25) is 0 Å². The summed E-state index contributed by atoms with van der Waals surface area (Å²) in [6, 6.07) is 11.4. The number of benzene rings is 1. The molecule has 0 amide bonds. The number of hydrogen-bond acceptors (Lipinski definition) is 3. The third-order valence-corrected chi connectivity index (χ3v) is 4.91. The van der Waals surface area contributed by atoms with Gasteiger partial charge in [-0.2, -0.15) is 0 Å². The van der Waals surface area contributed by atoms with Crippen LogP contribution in [0, 0.1) is 0 Å². The van der Waals surface area contributed by atoms with E-state index in [0.29, 0.717) is 6.04 Å². The zero-order valence-electron chi connectivity index (χ0n) is 14.0. The van der Waals surface area contributed by atoms with Crippen molar-refractivity contribution in [2.24, 2.45) is 0 Å². The molecule has 0 aliphatic carbocycles. The predicted molar refractivity (Wildman–Crippen MR) is 96.3 cm³/mol. The van der Waals surface area contributed by atoms with Gasteiger partial charge < -0.3 is 5.32 Å². The summed E-state index contributed by atoms with van der Waals surface area (Å²) >= 11 is 1.95. The average molecular weight is 309 g/mol. The van der Waals surface area contributed by atoms with Gasteiger partial charge >= 0.3 is 0 Å². The lowest BCUT2D eigenvalue weighted by Gasteiger charge is -2.28. The zero-order valence-corrected chi connectivity index (χ0v) is 14.8. The maximum atomic E-state index is 3.58.